The molecule has 0 radical (unpaired) electrons. The summed E-state index contributed by atoms with van der Waals surface area (Å²) in [6, 6.07) is 0.417. The fourth-order valence-electron chi connectivity index (χ4n) is 6.14. The van der Waals surface area contributed by atoms with Crippen LogP contribution in [-0.2, 0) is 4.79 Å². The van der Waals surface area contributed by atoms with E-state index in [-0.39, 0.29) is 29.8 Å². The SMILES string of the molecule is O=C1CC2C(O)C(CO)CC3N4CCC[C@H]1[C@]23CCC4. The second kappa shape index (κ2) is 4.52. The van der Waals surface area contributed by atoms with Gasteiger partial charge >= 0.3 is 0 Å². The molecule has 4 aliphatic rings. The van der Waals surface area contributed by atoms with Crippen molar-refractivity contribution in [3.63, 3.8) is 0 Å². The van der Waals surface area contributed by atoms with Gasteiger partial charge in [-0.1, -0.05) is 0 Å². The molecule has 2 aliphatic heterocycles. The minimum atomic E-state index is -0.483. The third-order valence-corrected chi connectivity index (χ3v) is 6.86. The van der Waals surface area contributed by atoms with Crippen LogP contribution in [0, 0.1) is 23.2 Å². The molecular formula is C16H25NO3. The molecule has 4 heteroatoms. The second-order valence-electron chi connectivity index (χ2n) is 7.41. The third-order valence-electron chi connectivity index (χ3n) is 6.86. The van der Waals surface area contributed by atoms with Gasteiger partial charge in [0.1, 0.15) is 5.78 Å². The lowest BCUT2D eigenvalue weighted by Gasteiger charge is -2.58. The highest BCUT2D eigenvalue weighted by Crippen LogP contribution is 2.62. The van der Waals surface area contributed by atoms with E-state index >= 15 is 0 Å². The topological polar surface area (TPSA) is 60.8 Å². The molecule has 7 atom stereocenters. The first-order chi connectivity index (χ1) is 9.68. The van der Waals surface area contributed by atoms with Crippen LogP contribution in [-0.4, -0.2) is 52.7 Å². The van der Waals surface area contributed by atoms with Crippen LogP contribution in [0.25, 0.3) is 0 Å². The van der Waals surface area contributed by atoms with Gasteiger partial charge in [-0.2, -0.15) is 0 Å². The normalized spacial score (nSPS) is 54.4. The Morgan fingerprint density at radius 1 is 1.30 bits per heavy atom. The fourth-order valence-corrected chi connectivity index (χ4v) is 6.14. The molecule has 2 N–H and O–H groups in total. The minimum absolute atomic E-state index is 0.0247. The maximum Gasteiger partial charge on any atom is 0.137 e. The molecule has 2 saturated carbocycles. The summed E-state index contributed by atoms with van der Waals surface area (Å²) >= 11 is 0. The van der Waals surface area contributed by atoms with Crippen molar-refractivity contribution < 1.29 is 15.0 Å². The zero-order chi connectivity index (χ0) is 13.9. The van der Waals surface area contributed by atoms with E-state index in [0.29, 0.717) is 18.2 Å². The Balaban J connectivity index is 1.82. The molecule has 4 fully saturated rings. The maximum atomic E-state index is 12.5. The van der Waals surface area contributed by atoms with E-state index in [0.717, 1.165) is 45.2 Å². The first-order valence-corrected chi connectivity index (χ1v) is 8.24. The number of hydrogen-bond acceptors (Lipinski definition) is 4. The number of rotatable bonds is 1. The summed E-state index contributed by atoms with van der Waals surface area (Å²) in [6.07, 6.45) is 5.32. The van der Waals surface area contributed by atoms with E-state index in [1.807, 2.05) is 0 Å². The van der Waals surface area contributed by atoms with Crippen LogP contribution in [0.1, 0.15) is 38.5 Å². The molecule has 4 nitrogen and oxygen atoms in total. The van der Waals surface area contributed by atoms with Gasteiger partial charge in [0.05, 0.1) is 6.10 Å². The summed E-state index contributed by atoms with van der Waals surface area (Å²) < 4.78 is 0. The molecule has 2 saturated heterocycles. The molecule has 5 unspecified atom stereocenters. The molecule has 2 bridgehead atoms. The number of carbonyl (C=O) groups excluding carboxylic acids is 1. The molecule has 112 valence electrons. The number of aliphatic hydroxyl groups excluding tert-OH is 2. The van der Waals surface area contributed by atoms with Crippen LogP contribution in [0.15, 0.2) is 0 Å². The largest absolute Gasteiger partial charge is 0.396 e. The summed E-state index contributed by atoms with van der Waals surface area (Å²) in [6.45, 7) is 2.28. The van der Waals surface area contributed by atoms with Gasteiger partial charge in [-0.25, -0.2) is 0 Å². The lowest BCUT2D eigenvalue weighted by Crippen LogP contribution is -2.62. The van der Waals surface area contributed by atoms with Crippen LogP contribution in [0.5, 0.6) is 0 Å². The van der Waals surface area contributed by atoms with Gasteiger partial charge in [0.15, 0.2) is 0 Å². The number of carbonyl (C=O) groups is 1. The van der Waals surface area contributed by atoms with Crippen LogP contribution in [0.2, 0.25) is 0 Å². The van der Waals surface area contributed by atoms with Crippen molar-refractivity contribution in [2.24, 2.45) is 23.2 Å². The maximum absolute atomic E-state index is 12.5. The van der Waals surface area contributed by atoms with Gasteiger partial charge in [-0.05, 0) is 51.1 Å². The van der Waals surface area contributed by atoms with Crippen molar-refractivity contribution in [1.29, 1.82) is 0 Å². The van der Waals surface area contributed by atoms with Crippen LogP contribution >= 0.6 is 0 Å². The summed E-state index contributed by atoms with van der Waals surface area (Å²) in [5.41, 5.74) is 0.0247. The summed E-state index contributed by atoms with van der Waals surface area (Å²) in [5.74, 6) is 0.624. The first-order valence-electron chi connectivity index (χ1n) is 8.24. The van der Waals surface area contributed by atoms with Crippen LogP contribution < -0.4 is 0 Å². The highest BCUT2D eigenvalue weighted by molar-refractivity contribution is 5.85. The van der Waals surface area contributed by atoms with E-state index < -0.39 is 6.10 Å². The van der Waals surface area contributed by atoms with Crippen molar-refractivity contribution in [2.75, 3.05) is 19.7 Å². The Hall–Kier alpha value is -0.450. The lowest BCUT2D eigenvalue weighted by molar-refractivity contribution is -0.142. The first kappa shape index (κ1) is 13.2. The molecule has 1 spiro atoms. The van der Waals surface area contributed by atoms with Crippen molar-refractivity contribution in [3.05, 3.63) is 0 Å². The van der Waals surface area contributed by atoms with Crippen molar-refractivity contribution in [1.82, 2.24) is 4.90 Å². The van der Waals surface area contributed by atoms with Crippen molar-refractivity contribution in [3.8, 4) is 0 Å². The molecule has 2 heterocycles. The number of nitrogens with zero attached hydrogens (tertiary/aromatic N) is 1. The van der Waals surface area contributed by atoms with E-state index in [1.165, 1.54) is 0 Å². The predicted octanol–water partition coefficient (Wildman–Crippen LogP) is 0.809. The zero-order valence-electron chi connectivity index (χ0n) is 12.0. The summed E-state index contributed by atoms with van der Waals surface area (Å²) in [4.78, 5) is 15.1. The Bertz CT molecular complexity index is 426. The molecule has 0 aromatic heterocycles. The molecule has 0 aromatic rings. The number of aliphatic hydroxyl groups is 2. The quantitative estimate of drug-likeness (QED) is 0.746. The second-order valence-corrected chi connectivity index (χ2v) is 7.41. The monoisotopic (exact) mass is 279 g/mol. The number of Topliss-reactive ketones (excluding diaryl/α,β-unsaturated/α-hetero) is 1. The lowest BCUT2D eigenvalue weighted by atomic mass is 9.54. The van der Waals surface area contributed by atoms with Crippen LogP contribution in [0.4, 0.5) is 0 Å². The molecule has 0 amide bonds. The third kappa shape index (κ3) is 1.50. The Kier molecular flexibility index (Phi) is 2.99. The zero-order valence-corrected chi connectivity index (χ0v) is 12.0. The fraction of sp³-hybridized carbons (Fsp3) is 0.938. The highest BCUT2D eigenvalue weighted by atomic mass is 16.3. The van der Waals surface area contributed by atoms with E-state index in [1.54, 1.807) is 0 Å². The number of hydrogen-bond donors (Lipinski definition) is 2. The van der Waals surface area contributed by atoms with E-state index in [9.17, 15) is 15.0 Å². The van der Waals surface area contributed by atoms with Crippen LogP contribution in [0.3, 0.4) is 0 Å². The molecular weight excluding hydrogens is 254 g/mol. The Morgan fingerprint density at radius 3 is 2.90 bits per heavy atom. The van der Waals surface area contributed by atoms with Gasteiger partial charge in [0, 0.05) is 36.3 Å². The van der Waals surface area contributed by atoms with E-state index in [2.05, 4.69) is 4.90 Å². The molecule has 2 aliphatic carbocycles. The van der Waals surface area contributed by atoms with Gasteiger partial charge in [0.25, 0.3) is 0 Å². The highest BCUT2D eigenvalue weighted by Gasteiger charge is 2.65. The standard InChI is InChI=1S/C16H25NO3/c18-9-10-7-14-16-4-2-6-17(14)5-1-3-11(16)13(19)8-12(16)15(10)20/h10-12,14-15,18,20H,1-9H2/t10?,11-,12?,14?,15?,16-/m1/s1. The van der Waals surface area contributed by atoms with Crippen molar-refractivity contribution in [2.45, 2.75) is 50.7 Å². The Morgan fingerprint density at radius 2 is 2.10 bits per heavy atom. The smallest absolute Gasteiger partial charge is 0.137 e. The number of piperidine rings is 1. The predicted molar refractivity (Wildman–Crippen MR) is 74.1 cm³/mol. The molecule has 4 rings (SSSR count). The van der Waals surface area contributed by atoms with E-state index in [4.69, 9.17) is 0 Å². The summed E-state index contributed by atoms with van der Waals surface area (Å²) in [7, 11) is 0. The average molecular weight is 279 g/mol. The van der Waals surface area contributed by atoms with Gasteiger partial charge in [0.2, 0.25) is 0 Å². The Labute approximate surface area is 120 Å². The average Bonchev–Trinajstić information content (AvgIpc) is 2.68. The molecule has 0 aromatic carbocycles. The summed E-state index contributed by atoms with van der Waals surface area (Å²) in [5, 5.41) is 20.3. The van der Waals surface area contributed by atoms with Crippen molar-refractivity contribution >= 4 is 5.78 Å². The van der Waals surface area contributed by atoms with Gasteiger partial charge in [-0.15, -0.1) is 0 Å². The number of ketones is 1. The van der Waals surface area contributed by atoms with Gasteiger partial charge in [-0.3, -0.25) is 9.69 Å². The van der Waals surface area contributed by atoms with Gasteiger partial charge < -0.3 is 10.2 Å². The molecule has 20 heavy (non-hydrogen) atoms. The minimum Gasteiger partial charge on any atom is -0.396 e.